The van der Waals surface area contributed by atoms with Crippen molar-refractivity contribution in [3.63, 3.8) is 0 Å². The number of hydrogen-bond donors (Lipinski definition) is 0. The van der Waals surface area contributed by atoms with Crippen LogP contribution < -0.4 is 0 Å². The van der Waals surface area contributed by atoms with E-state index in [1.165, 1.54) is 6.92 Å². The predicted molar refractivity (Wildman–Crippen MR) is 49.2 cm³/mol. The van der Waals surface area contributed by atoms with Crippen molar-refractivity contribution >= 4 is 5.97 Å². The molecule has 3 nitrogen and oxygen atoms in total. The lowest BCUT2D eigenvalue weighted by Crippen LogP contribution is -2.27. The van der Waals surface area contributed by atoms with Crippen LogP contribution in [0, 0.1) is 0 Å². The Bertz CT molecular complexity index is 220. The first-order valence-corrected chi connectivity index (χ1v) is 4.30. The summed E-state index contributed by atoms with van der Waals surface area (Å²) in [6, 6.07) is 0. The van der Waals surface area contributed by atoms with Gasteiger partial charge in [0.15, 0.2) is 0 Å². The van der Waals surface area contributed by atoms with Crippen molar-refractivity contribution in [2.75, 3.05) is 6.61 Å². The second kappa shape index (κ2) is 4.82. The fourth-order valence-corrected chi connectivity index (χ4v) is 1.17. The summed E-state index contributed by atoms with van der Waals surface area (Å²) in [6.45, 7) is 5.45. The van der Waals surface area contributed by atoms with Gasteiger partial charge >= 0.3 is 5.97 Å². The molecule has 0 aromatic rings. The molecular formula is C10H14O3. The second-order valence-corrected chi connectivity index (χ2v) is 2.93. The summed E-state index contributed by atoms with van der Waals surface area (Å²) in [4.78, 5) is 10.6. The van der Waals surface area contributed by atoms with E-state index < -0.39 is 0 Å². The van der Waals surface area contributed by atoms with Crippen molar-refractivity contribution in [2.45, 2.75) is 25.6 Å². The van der Waals surface area contributed by atoms with Gasteiger partial charge in [-0.1, -0.05) is 12.2 Å². The van der Waals surface area contributed by atoms with Crippen LogP contribution >= 0.6 is 0 Å². The Morgan fingerprint density at radius 3 is 3.00 bits per heavy atom. The van der Waals surface area contributed by atoms with E-state index in [2.05, 4.69) is 6.58 Å². The summed E-state index contributed by atoms with van der Waals surface area (Å²) in [5.74, 6) is -0.277. The van der Waals surface area contributed by atoms with Gasteiger partial charge in [-0.15, -0.1) is 6.58 Å². The lowest BCUT2D eigenvalue weighted by Gasteiger charge is -2.22. The average molecular weight is 182 g/mol. The fraction of sp³-hybridized carbons (Fsp3) is 0.500. The van der Waals surface area contributed by atoms with Crippen LogP contribution in [0.1, 0.15) is 13.3 Å². The summed E-state index contributed by atoms with van der Waals surface area (Å²) in [6.07, 6.45) is 6.23. The summed E-state index contributed by atoms with van der Waals surface area (Å²) < 4.78 is 10.3. The van der Waals surface area contributed by atoms with Gasteiger partial charge in [0.1, 0.15) is 6.10 Å². The Morgan fingerprint density at radius 1 is 1.77 bits per heavy atom. The van der Waals surface area contributed by atoms with Crippen molar-refractivity contribution in [1.82, 2.24) is 0 Å². The van der Waals surface area contributed by atoms with Crippen LogP contribution in [0.15, 0.2) is 24.8 Å². The van der Waals surface area contributed by atoms with Crippen molar-refractivity contribution < 1.29 is 14.3 Å². The third-order valence-corrected chi connectivity index (χ3v) is 1.73. The normalized spacial score (nSPS) is 26.8. The number of carbonyl (C=O) groups is 1. The highest BCUT2D eigenvalue weighted by atomic mass is 16.6. The minimum atomic E-state index is -0.277. The van der Waals surface area contributed by atoms with Gasteiger partial charge in [0.05, 0.1) is 12.7 Å². The van der Waals surface area contributed by atoms with Crippen LogP contribution in [0.25, 0.3) is 0 Å². The first-order chi connectivity index (χ1) is 6.22. The smallest absolute Gasteiger partial charge is 0.303 e. The maximum absolute atomic E-state index is 10.6. The molecule has 2 atom stereocenters. The third kappa shape index (κ3) is 3.42. The van der Waals surface area contributed by atoms with Crippen molar-refractivity contribution in [2.24, 2.45) is 0 Å². The minimum absolute atomic E-state index is 0.0873. The van der Waals surface area contributed by atoms with E-state index in [0.29, 0.717) is 6.61 Å². The zero-order valence-corrected chi connectivity index (χ0v) is 7.73. The van der Waals surface area contributed by atoms with Crippen LogP contribution in [0.2, 0.25) is 0 Å². The molecule has 13 heavy (non-hydrogen) atoms. The standard InChI is InChI=1S/C10H14O3/c1-3-4-9-5-6-10(7-12-9)13-8(2)11/h3,5-6,9-10H,1,4,7H2,2H3/t9-,10-/m1/s1. The molecule has 72 valence electrons. The van der Waals surface area contributed by atoms with E-state index >= 15 is 0 Å². The quantitative estimate of drug-likeness (QED) is 0.489. The first-order valence-electron chi connectivity index (χ1n) is 4.30. The van der Waals surface area contributed by atoms with Crippen LogP contribution in [0.4, 0.5) is 0 Å². The van der Waals surface area contributed by atoms with Gasteiger partial charge in [-0.25, -0.2) is 0 Å². The Kier molecular flexibility index (Phi) is 3.71. The van der Waals surface area contributed by atoms with Crippen LogP contribution in [0.3, 0.4) is 0 Å². The van der Waals surface area contributed by atoms with Gasteiger partial charge < -0.3 is 9.47 Å². The molecule has 1 heterocycles. The molecule has 1 aliphatic heterocycles. The number of rotatable bonds is 3. The molecule has 0 amide bonds. The highest BCUT2D eigenvalue weighted by Gasteiger charge is 2.16. The molecule has 0 bridgehead atoms. The Hall–Kier alpha value is -1.09. The summed E-state index contributed by atoms with van der Waals surface area (Å²) in [5, 5.41) is 0. The van der Waals surface area contributed by atoms with E-state index in [1.807, 2.05) is 12.2 Å². The molecule has 3 heteroatoms. The van der Waals surface area contributed by atoms with Gasteiger partial charge in [-0.05, 0) is 12.5 Å². The SMILES string of the molecule is C=CC[C@@H]1C=C[C@@H](OC(C)=O)CO1. The summed E-state index contributed by atoms with van der Waals surface area (Å²) in [5.41, 5.74) is 0. The Balaban J connectivity index is 2.37. The molecule has 0 N–H and O–H groups in total. The monoisotopic (exact) mass is 182 g/mol. The molecule has 0 radical (unpaired) electrons. The van der Waals surface area contributed by atoms with Gasteiger partial charge in [0.2, 0.25) is 0 Å². The third-order valence-electron chi connectivity index (χ3n) is 1.73. The lowest BCUT2D eigenvalue weighted by molar-refractivity contribution is -0.147. The van der Waals surface area contributed by atoms with Crippen LogP contribution in [-0.2, 0) is 14.3 Å². The van der Waals surface area contributed by atoms with Gasteiger partial charge in [-0.2, -0.15) is 0 Å². The number of ether oxygens (including phenoxy) is 2. The Labute approximate surface area is 78.0 Å². The second-order valence-electron chi connectivity index (χ2n) is 2.93. The molecule has 0 aromatic carbocycles. The molecule has 0 aliphatic carbocycles. The highest BCUT2D eigenvalue weighted by molar-refractivity contribution is 5.66. The van der Waals surface area contributed by atoms with Crippen molar-refractivity contribution in [3.05, 3.63) is 24.8 Å². The molecule has 0 saturated heterocycles. The molecule has 0 fully saturated rings. The number of esters is 1. The van der Waals surface area contributed by atoms with Crippen LogP contribution in [-0.4, -0.2) is 24.8 Å². The summed E-state index contributed by atoms with van der Waals surface area (Å²) in [7, 11) is 0. The molecule has 0 aromatic heterocycles. The van der Waals surface area contributed by atoms with E-state index in [-0.39, 0.29) is 18.2 Å². The van der Waals surface area contributed by atoms with Gasteiger partial charge in [0, 0.05) is 6.92 Å². The van der Waals surface area contributed by atoms with E-state index in [0.717, 1.165) is 6.42 Å². The fourth-order valence-electron chi connectivity index (χ4n) is 1.17. The van der Waals surface area contributed by atoms with E-state index in [1.54, 1.807) is 6.08 Å². The van der Waals surface area contributed by atoms with Crippen molar-refractivity contribution in [3.8, 4) is 0 Å². The van der Waals surface area contributed by atoms with Gasteiger partial charge in [-0.3, -0.25) is 4.79 Å². The topological polar surface area (TPSA) is 35.5 Å². The molecule has 1 rings (SSSR count). The summed E-state index contributed by atoms with van der Waals surface area (Å²) >= 11 is 0. The Morgan fingerprint density at radius 2 is 2.54 bits per heavy atom. The molecule has 0 saturated carbocycles. The first kappa shape index (κ1) is 9.99. The lowest BCUT2D eigenvalue weighted by atomic mass is 10.1. The van der Waals surface area contributed by atoms with E-state index in [4.69, 9.17) is 9.47 Å². The minimum Gasteiger partial charge on any atom is -0.456 e. The molecule has 0 spiro atoms. The molecular weight excluding hydrogens is 168 g/mol. The van der Waals surface area contributed by atoms with Crippen molar-refractivity contribution in [1.29, 1.82) is 0 Å². The highest BCUT2D eigenvalue weighted by Crippen LogP contribution is 2.11. The number of hydrogen-bond acceptors (Lipinski definition) is 3. The zero-order valence-electron chi connectivity index (χ0n) is 7.73. The maximum Gasteiger partial charge on any atom is 0.303 e. The molecule has 1 aliphatic rings. The van der Waals surface area contributed by atoms with Gasteiger partial charge in [0.25, 0.3) is 0 Å². The van der Waals surface area contributed by atoms with E-state index in [9.17, 15) is 4.79 Å². The number of carbonyl (C=O) groups excluding carboxylic acids is 1. The van der Waals surface area contributed by atoms with Crippen LogP contribution in [0.5, 0.6) is 0 Å². The predicted octanol–water partition coefficient (Wildman–Crippen LogP) is 1.45. The maximum atomic E-state index is 10.6. The average Bonchev–Trinajstić information content (AvgIpc) is 2.08. The molecule has 0 unspecified atom stereocenters. The largest absolute Gasteiger partial charge is 0.456 e. The zero-order chi connectivity index (χ0) is 9.68.